The van der Waals surface area contributed by atoms with Crippen LogP contribution in [0.15, 0.2) is 24.8 Å². The molecule has 0 bridgehead atoms. The Hall–Kier alpha value is -2.04. The molecule has 3 heterocycles. The lowest BCUT2D eigenvalue weighted by Crippen LogP contribution is -2.34. The van der Waals surface area contributed by atoms with Gasteiger partial charge in [-0.15, -0.1) is 0 Å². The highest BCUT2D eigenvalue weighted by Crippen LogP contribution is 2.29. The third-order valence-electron chi connectivity index (χ3n) is 4.05. The minimum atomic E-state index is 0.468. The molecule has 0 amide bonds. The summed E-state index contributed by atoms with van der Waals surface area (Å²) in [5.74, 6) is 2.52. The van der Waals surface area contributed by atoms with Gasteiger partial charge in [0.25, 0.3) is 0 Å². The number of piperidine rings is 1. The summed E-state index contributed by atoms with van der Waals surface area (Å²) < 4.78 is 0. The van der Waals surface area contributed by atoms with Crippen LogP contribution >= 0.6 is 0 Å². The zero-order valence-electron chi connectivity index (χ0n) is 12.0. The molecule has 0 aromatic carbocycles. The standard InChI is InChI=1S/C15H19N5/c1-11-12(2)18-10-19-15(11)20-8-4-13(5-9-20)14-16-6-3-7-17-14/h3,6-7,10,13H,4-5,8-9H2,1-2H3. The minimum Gasteiger partial charge on any atom is -0.356 e. The van der Waals surface area contributed by atoms with Gasteiger partial charge < -0.3 is 4.90 Å². The van der Waals surface area contributed by atoms with E-state index in [1.54, 1.807) is 6.33 Å². The molecule has 2 aromatic rings. The van der Waals surface area contributed by atoms with E-state index in [4.69, 9.17) is 0 Å². The number of hydrogen-bond donors (Lipinski definition) is 0. The topological polar surface area (TPSA) is 54.8 Å². The maximum atomic E-state index is 4.44. The third kappa shape index (κ3) is 2.48. The highest BCUT2D eigenvalue weighted by Gasteiger charge is 2.24. The lowest BCUT2D eigenvalue weighted by molar-refractivity contribution is 0.482. The van der Waals surface area contributed by atoms with Crippen molar-refractivity contribution < 1.29 is 0 Å². The average molecular weight is 269 g/mol. The number of anilines is 1. The molecule has 1 fully saturated rings. The summed E-state index contributed by atoms with van der Waals surface area (Å²) in [6, 6.07) is 1.87. The van der Waals surface area contributed by atoms with Gasteiger partial charge in [-0.1, -0.05) is 0 Å². The van der Waals surface area contributed by atoms with Crippen LogP contribution in [0.2, 0.25) is 0 Å². The number of rotatable bonds is 2. The molecule has 0 radical (unpaired) electrons. The van der Waals surface area contributed by atoms with Crippen LogP contribution in [0.25, 0.3) is 0 Å². The summed E-state index contributed by atoms with van der Waals surface area (Å²) in [6.45, 7) is 6.13. The molecular weight excluding hydrogens is 250 g/mol. The first kappa shape index (κ1) is 13.0. The fourth-order valence-corrected chi connectivity index (χ4v) is 2.72. The maximum absolute atomic E-state index is 4.44. The second kappa shape index (κ2) is 5.53. The summed E-state index contributed by atoms with van der Waals surface area (Å²) in [5.41, 5.74) is 2.24. The second-order valence-electron chi connectivity index (χ2n) is 5.28. The zero-order chi connectivity index (χ0) is 13.9. The first-order valence-electron chi connectivity index (χ1n) is 7.06. The molecule has 0 aliphatic carbocycles. The molecule has 2 aromatic heterocycles. The van der Waals surface area contributed by atoms with Crippen LogP contribution in [-0.2, 0) is 0 Å². The Labute approximate surface area is 119 Å². The van der Waals surface area contributed by atoms with E-state index in [-0.39, 0.29) is 0 Å². The van der Waals surface area contributed by atoms with Crippen molar-refractivity contribution in [1.29, 1.82) is 0 Å². The Morgan fingerprint density at radius 3 is 2.40 bits per heavy atom. The van der Waals surface area contributed by atoms with Gasteiger partial charge in [0.05, 0.1) is 0 Å². The smallest absolute Gasteiger partial charge is 0.135 e. The van der Waals surface area contributed by atoms with Gasteiger partial charge in [-0.2, -0.15) is 0 Å². The maximum Gasteiger partial charge on any atom is 0.135 e. The molecule has 0 N–H and O–H groups in total. The van der Waals surface area contributed by atoms with Crippen LogP contribution in [0, 0.1) is 13.8 Å². The van der Waals surface area contributed by atoms with E-state index < -0.39 is 0 Å². The van der Waals surface area contributed by atoms with E-state index in [1.165, 1.54) is 5.56 Å². The van der Waals surface area contributed by atoms with Crippen molar-refractivity contribution in [1.82, 2.24) is 19.9 Å². The molecule has 1 aliphatic heterocycles. The van der Waals surface area contributed by atoms with Crippen molar-refractivity contribution in [3.8, 4) is 0 Å². The van der Waals surface area contributed by atoms with Gasteiger partial charge in [0.15, 0.2) is 0 Å². The van der Waals surface area contributed by atoms with Crippen molar-refractivity contribution in [2.75, 3.05) is 18.0 Å². The van der Waals surface area contributed by atoms with E-state index in [1.807, 2.05) is 25.4 Å². The van der Waals surface area contributed by atoms with Crippen LogP contribution < -0.4 is 4.90 Å². The largest absolute Gasteiger partial charge is 0.356 e. The highest BCUT2D eigenvalue weighted by molar-refractivity contribution is 5.47. The summed E-state index contributed by atoms with van der Waals surface area (Å²) >= 11 is 0. The molecule has 0 unspecified atom stereocenters. The van der Waals surface area contributed by atoms with Crippen LogP contribution in [0.5, 0.6) is 0 Å². The summed E-state index contributed by atoms with van der Waals surface area (Å²) in [4.78, 5) is 19.8. The van der Waals surface area contributed by atoms with Gasteiger partial charge in [0, 0.05) is 42.7 Å². The van der Waals surface area contributed by atoms with Gasteiger partial charge in [-0.25, -0.2) is 19.9 Å². The number of aryl methyl sites for hydroxylation is 1. The zero-order valence-corrected chi connectivity index (χ0v) is 12.0. The van der Waals surface area contributed by atoms with E-state index in [9.17, 15) is 0 Å². The van der Waals surface area contributed by atoms with Crippen molar-refractivity contribution in [2.45, 2.75) is 32.6 Å². The molecular formula is C15H19N5. The SMILES string of the molecule is Cc1ncnc(N2CCC(c3ncccn3)CC2)c1C. The monoisotopic (exact) mass is 269 g/mol. The quantitative estimate of drug-likeness (QED) is 0.837. The fourth-order valence-electron chi connectivity index (χ4n) is 2.72. The van der Waals surface area contributed by atoms with E-state index in [2.05, 4.69) is 31.8 Å². The Bertz CT molecular complexity index is 576. The Kier molecular flexibility index (Phi) is 3.58. The lowest BCUT2D eigenvalue weighted by atomic mass is 9.95. The van der Waals surface area contributed by atoms with Crippen LogP contribution in [-0.4, -0.2) is 33.0 Å². The van der Waals surface area contributed by atoms with Gasteiger partial charge in [0.2, 0.25) is 0 Å². The van der Waals surface area contributed by atoms with Gasteiger partial charge in [-0.05, 0) is 32.8 Å². The van der Waals surface area contributed by atoms with E-state index >= 15 is 0 Å². The predicted molar refractivity (Wildman–Crippen MR) is 77.7 cm³/mol. The van der Waals surface area contributed by atoms with Crippen molar-refractivity contribution >= 4 is 5.82 Å². The van der Waals surface area contributed by atoms with Crippen LogP contribution in [0.4, 0.5) is 5.82 Å². The minimum absolute atomic E-state index is 0.468. The van der Waals surface area contributed by atoms with Gasteiger partial charge >= 0.3 is 0 Å². The molecule has 5 nitrogen and oxygen atoms in total. The van der Waals surface area contributed by atoms with E-state index in [0.29, 0.717) is 5.92 Å². The Balaban J connectivity index is 1.71. The van der Waals surface area contributed by atoms with Crippen molar-refractivity contribution in [3.05, 3.63) is 41.9 Å². The highest BCUT2D eigenvalue weighted by atomic mass is 15.2. The molecule has 0 saturated carbocycles. The number of hydrogen-bond acceptors (Lipinski definition) is 5. The van der Waals surface area contributed by atoms with Gasteiger partial charge in [-0.3, -0.25) is 0 Å². The van der Waals surface area contributed by atoms with Crippen molar-refractivity contribution in [3.63, 3.8) is 0 Å². The Morgan fingerprint density at radius 2 is 1.70 bits per heavy atom. The molecule has 1 aliphatic rings. The summed E-state index contributed by atoms with van der Waals surface area (Å²) in [5, 5.41) is 0. The number of nitrogens with zero attached hydrogens (tertiary/aromatic N) is 5. The first-order chi connectivity index (χ1) is 9.75. The molecule has 5 heteroatoms. The normalized spacial score (nSPS) is 16.4. The summed E-state index contributed by atoms with van der Waals surface area (Å²) in [6.07, 6.45) is 7.46. The molecule has 0 atom stereocenters. The molecule has 3 rings (SSSR count). The molecule has 20 heavy (non-hydrogen) atoms. The lowest BCUT2D eigenvalue weighted by Gasteiger charge is -2.33. The van der Waals surface area contributed by atoms with Crippen LogP contribution in [0.3, 0.4) is 0 Å². The second-order valence-corrected chi connectivity index (χ2v) is 5.28. The van der Waals surface area contributed by atoms with Crippen LogP contribution in [0.1, 0.15) is 35.8 Å². The van der Waals surface area contributed by atoms with Gasteiger partial charge in [0.1, 0.15) is 18.0 Å². The average Bonchev–Trinajstić information content (AvgIpc) is 2.51. The molecule has 104 valence electrons. The third-order valence-corrected chi connectivity index (χ3v) is 4.05. The summed E-state index contributed by atoms with van der Waals surface area (Å²) in [7, 11) is 0. The fraction of sp³-hybridized carbons (Fsp3) is 0.467. The van der Waals surface area contributed by atoms with Crippen molar-refractivity contribution in [2.24, 2.45) is 0 Å². The molecule has 1 saturated heterocycles. The number of aromatic nitrogens is 4. The molecule has 0 spiro atoms. The predicted octanol–water partition coefficient (Wildman–Crippen LogP) is 2.27. The first-order valence-corrected chi connectivity index (χ1v) is 7.06. The Morgan fingerprint density at radius 1 is 1.00 bits per heavy atom. The van der Waals surface area contributed by atoms with E-state index in [0.717, 1.165) is 43.3 Å².